The first-order valence-electron chi connectivity index (χ1n) is 6.81. The third-order valence-corrected chi connectivity index (χ3v) is 5.32. The molecule has 0 saturated carbocycles. The number of nitrogens with zero attached hydrogens (tertiary/aromatic N) is 2. The molecular weight excluding hydrogens is 326 g/mol. The van der Waals surface area contributed by atoms with E-state index in [0.29, 0.717) is 6.54 Å². The quantitative estimate of drug-likeness (QED) is 0.754. The van der Waals surface area contributed by atoms with Crippen LogP contribution in [0.2, 0.25) is 5.02 Å². The van der Waals surface area contributed by atoms with E-state index in [-0.39, 0.29) is 21.4 Å². The van der Waals surface area contributed by atoms with Gasteiger partial charge in [0.05, 0.1) is 5.02 Å². The van der Waals surface area contributed by atoms with Crippen molar-refractivity contribution in [2.45, 2.75) is 11.3 Å². The highest BCUT2D eigenvalue weighted by atomic mass is 35.5. The van der Waals surface area contributed by atoms with E-state index >= 15 is 0 Å². The maximum Gasteiger partial charge on any atom is 0.251 e. The van der Waals surface area contributed by atoms with Crippen molar-refractivity contribution >= 4 is 27.5 Å². The van der Waals surface area contributed by atoms with Crippen LogP contribution in [0.3, 0.4) is 0 Å². The van der Waals surface area contributed by atoms with Crippen LogP contribution in [0, 0.1) is 0 Å². The molecule has 0 bridgehead atoms. The molecule has 0 fully saturated rings. The van der Waals surface area contributed by atoms with Crippen LogP contribution in [-0.4, -0.2) is 64.8 Å². The normalized spacial score (nSPS) is 12.0. The molecule has 0 aliphatic heterocycles. The van der Waals surface area contributed by atoms with Crippen molar-refractivity contribution in [3.8, 4) is 0 Å². The summed E-state index contributed by atoms with van der Waals surface area (Å²) in [4.78, 5) is 14.0. The Morgan fingerprint density at radius 3 is 2.41 bits per heavy atom. The number of hydrogen-bond acceptors (Lipinski definition) is 4. The minimum atomic E-state index is -3.69. The molecule has 1 rings (SSSR count). The number of nitrogens with one attached hydrogen (secondary N) is 1. The number of carbonyl (C=O) groups excluding carboxylic acids is 1. The van der Waals surface area contributed by atoms with Gasteiger partial charge < -0.3 is 10.2 Å². The molecule has 124 valence electrons. The highest BCUT2D eigenvalue weighted by molar-refractivity contribution is 7.89. The van der Waals surface area contributed by atoms with Crippen LogP contribution in [0.25, 0.3) is 0 Å². The van der Waals surface area contributed by atoms with Crippen molar-refractivity contribution in [3.63, 3.8) is 0 Å². The Kier molecular flexibility index (Phi) is 6.80. The lowest BCUT2D eigenvalue weighted by Gasteiger charge is -2.14. The van der Waals surface area contributed by atoms with Crippen LogP contribution in [0.4, 0.5) is 0 Å². The number of carbonyl (C=O) groups is 1. The van der Waals surface area contributed by atoms with E-state index in [1.54, 1.807) is 0 Å². The molecule has 8 heteroatoms. The summed E-state index contributed by atoms with van der Waals surface area (Å²) in [7, 11) is 3.06. The third kappa shape index (κ3) is 4.95. The van der Waals surface area contributed by atoms with Gasteiger partial charge in [-0.05, 0) is 45.3 Å². The molecule has 0 atom stereocenters. The minimum Gasteiger partial charge on any atom is -0.352 e. The molecule has 1 aromatic rings. The van der Waals surface area contributed by atoms with Gasteiger partial charge in [0.2, 0.25) is 10.0 Å². The van der Waals surface area contributed by atoms with E-state index < -0.39 is 10.0 Å². The van der Waals surface area contributed by atoms with Gasteiger partial charge in [0.15, 0.2) is 0 Å². The summed E-state index contributed by atoms with van der Waals surface area (Å²) in [5.74, 6) is -0.314. The van der Waals surface area contributed by atoms with Crippen LogP contribution in [0.5, 0.6) is 0 Å². The SMILES string of the molecule is CN(C)CCCNC(=O)c1ccc(Cl)c(S(=O)(=O)N(C)C)c1. The predicted molar refractivity (Wildman–Crippen MR) is 87.8 cm³/mol. The molecule has 1 aromatic carbocycles. The van der Waals surface area contributed by atoms with Crippen molar-refractivity contribution in [2.75, 3.05) is 41.3 Å². The molecule has 0 aromatic heterocycles. The lowest BCUT2D eigenvalue weighted by atomic mass is 10.2. The highest BCUT2D eigenvalue weighted by Gasteiger charge is 2.22. The number of sulfonamides is 1. The van der Waals surface area contributed by atoms with Gasteiger partial charge >= 0.3 is 0 Å². The average molecular weight is 348 g/mol. The van der Waals surface area contributed by atoms with E-state index in [0.717, 1.165) is 17.3 Å². The Labute approximate surface area is 137 Å². The van der Waals surface area contributed by atoms with Crippen LogP contribution < -0.4 is 5.32 Å². The molecule has 0 spiro atoms. The second-order valence-corrected chi connectivity index (χ2v) is 7.87. The standard InChI is InChI=1S/C14H22ClN3O3S/c1-17(2)9-5-8-16-14(19)11-6-7-12(15)13(10-11)22(20,21)18(3)4/h6-7,10H,5,8-9H2,1-4H3,(H,16,19). The summed E-state index contributed by atoms with van der Waals surface area (Å²) in [6.07, 6.45) is 0.815. The monoisotopic (exact) mass is 347 g/mol. The van der Waals surface area contributed by atoms with Crippen molar-refractivity contribution in [2.24, 2.45) is 0 Å². The summed E-state index contributed by atoms with van der Waals surface area (Å²) in [5.41, 5.74) is 0.273. The number of amides is 1. The molecule has 6 nitrogen and oxygen atoms in total. The lowest BCUT2D eigenvalue weighted by molar-refractivity contribution is 0.0952. The molecule has 0 aliphatic carbocycles. The van der Waals surface area contributed by atoms with Gasteiger partial charge in [0.1, 0.15) is 4.90 Å². The van der Waals surface area contributed by atoms with E-state index in [4.69, 9.17) is 11.6 Å². The first-order valence-corrected chi connectivity index (χ1v) is 8.63. The van der Waals surface area contributed by atoms with E-state index in [1.807, 2.05) is 19.0 Å². The van der Waals surface area contributed by atoms with Crippen molar-refractivity contribution in [1.29, 1.82) is 0 Å². The maximum atomic E-state index is 12.2. The Balaban J connectivity index is 2.87. The number of halogens is 1. The fourth-order valence-corrected chi connectivity index (χ4v) is 3.13. The van der Waals surface area contributed by atoms with E-state index in [1.165, 1.54) is 32.3 Å². The first-order chi connectivity index (χ1) is 10.2. The molecule has 0 unspecified atom stereocenters. The summed E-state index contributed by atoms with van der Waals surface area (Å²) < 4.78 is 25.4. The molecule has 0 heterocycles. The van der Waals surface area contributed by atoms with Crippen molar-refractivity contribution in [3.05, 3.63) is 28.8 Å². The molecule has 22 heavy (non-hydrogen) atoms. The Morgan fingerprint density at radius 2 is 1.86 bits per heavy atom. The van der Waals surface area contributed by atoms with Gasteiger partial charge in [-0.3, -0.25) is 4.79 Å². The topological polar surface area (TPSA) is 69.7 Å². The second kappa shape index (κ2) is 7.92. The Bertz CT molecular complexity index is 630. The highest BCUT2D eigenvalue weighted by Crippen LogP contribution is 2.24. The smallest absolute Gasteiger partial charge is 0.251 e. The van der Waals surface area contributed by atoms with Gasteiger partial charge in [-0.15, -0.1) is 0 Å². The molecule has 0 aliphatic rings. The zero-order chi connectivity index (χ0) is 16.9. The van der Waals surface area contributed by atoms with E-state index in [9.17, 15) is 13.2 Å². The molecule has 1 N–H and O–H groups in total. The fourth-order valence-electron chi connectivity index (χ4n) is 1.74. The molecule has 0 radical (unpaired) electrons. The maximum absolute atomic E-state index is 12.2. The van der Waals surface area contributed by atoms with Gasteiger partial charge in [-0.25, -0.2) is 12.7 Å². The Morgan fingerprint density at radius 1 is 1.23 bits per heavy atom. The summed E-state index contributed by atoms with van der Waals surface area (Å²) in [5, 5.41) is 2.86. The van der Waals surface area contributed by atoms with Gasteiger partial charge in [-0.1, -0.05) is 11.6 Å². The van der Waals surface area contributed by atoms with Crippen LogP contribution in [-0.2, 0) is 10.0 Å². The van der Waals surface area contributed by atoms with Crippen molar-refractivity contribution < 1.29 is 13.2 Å². The van der Waals surface area contributed by atoms with Gasteiger partial charge in [0.25, 0.3) is 5.91 Å². The first kappa shape index (κ1) is 18.9. The minimum absolute atomic E-state index is 0.0693. The second-order valence-electron chi connectivity index (χ2n) is 5.35. The average Bonchev–Trinajstić information content (AvgIpc) is 2.43. The number of benzene rings is 1. The van der Waals surface area contributed by atoms with Crippen LogP contribution in [0.15, 0.2) is 23.1 Å². The zero-order valence-corrected chi connectivity index (χ0v) is 14.8. The summed E-state index contributed by atoms with van der Waals surface area (Å²) >= 11 is 5.95. The van der Waals surface area contributed by atoms with Crippen molar-refractivity contribution in [1.82, 2.24) is 14.5 Å². The number of rotatable bonds is 7. The lowest BCUT2D eigenvalue weighted by Crippen LogP contribution is -2.28. The van der Waals surface area contributed by atoms with Gasteiger partial charge in [0, 0.05) is 26.2 Å². The molecule has 1 amide bonds. The summed E-state index contributed by atoms with van der Waals surface area (Å²) in [6, 6.07) is 4.24. The predicted octanol–water partition coefficient (Wildman–Crippen LogP) is 1.27. The Hall–Kier alpha value is -1.15. The largest absolute Gasteiger partial charge is 0.352 e. The van der Waals surface area contributed by atoms with Crippen LogP contribution >= 0.6 is 11.6 Å². The van der Waals surface area contributed by atoms with Gasteiger partial charge in [-0.2, -0.15) is 0 Å². The molecular formula is C14H22ClN3O3S. The zero-order valence-electron chi connectivity index (χ0n) is 13.3. The van der Waals surface area contributed by atoms with Crippen LogP contribution in [0.1, 0.15) is 16.8 Å². The molecule has 0 saturated heterocycles. The number of hydrogen-bond donors (Lipinski definition) is 1. The summed E-state index contributed by atoms with van der Waals surface area (Å²) in [6.45, 7) is 1.39. The fraction of sp³-hybridized carbons (Fsp3) is 0.500. The van der Waals surface area contributed by atoms with E-state index in [2.05, 4.69) is 5.32 Å². The third-order valence-electron chi connectivity index (χ3n) is 3.02.